The van der Waals surface area contributed by atoms with Crippen molar-refractivity contribution >= 4 is 5.91 Å². The summed E-state index contributed by atoms with van der Waals surface area (Å²) in [5, 5.41) is 4.01. The lowest BCUT2D eigenvalue weighted by atomic mass is 9.89. The number of hydrogen-bond acceptors (Lipinski definition) is 5. The molecule has 1 atom stereocenters. The van der Waals surface area contributed by atoms with Crippen molar-refractivity contribution in [1.29, 1.82) is 0 Å². The summed E-state index contributed by atoms with van der Waals surface area (Å²) < 4.78 is 5.41. The fourth-order valence-corrected chi connectivity index (χ4v) is 3.94. The minimum absolute atomic E-state index is 0.0773. The Balaban J connectivity index is 1.55. The standard InChI is InChI=1S/C21H30N4O2/c1-21(10-11-23(2)15-21)16-25(4)20(26)19-12-18(27-22-19)14-24(3)13-17-8-6-5-7-9-17/h5-9,12H,10-11,13-16H2,1-4H3/t21-/m1/s1. The number of hydrogen-bond donors (Lipinski definition) is 0. The van der Waals surface area contributed by atoms with Gasteiger partial charge >= 0.3 is 0 Å². The largest absolute Gasteiger partial charge is 0.359 e. The second kappa shape index (κ2) is 8.23. The van der Waals surface area contributed by atoms with Crippen LogP contribution >= 0.6 is 0 Å². The van der Waals surface area contributed by atoms with E-state index in [2.05, 4.69) is 41.1 Å². The molecule has 1 aliphatic rings. The molecule has 2 aromatic rings. The Labute approximate surface area is 161 Å². The van der Waals surface area contributed by atoms with Crippen molar-refractivity contribution < 1.29 is 9.32 Å². The molecule has 146 valence electrons. The molecule has 0 saturated carbocycles. The zero-order valence-corrected chi connectivity index (χ0v) is 16.8. The molecular formula is C21H30N4O2. The molecule has 2 heterocycles. The quantitative estimate of drug-likeness (QED) is 0.750. The van der Waals surface area contributed by atoms with E-state index in [1.807, 2.05) is 32.3 Å². The van der Waals surface area contributed by atoms with Gasteiger partial charge in [-0.15, -0.1) is 0 Å². The maximum atomic E-state index is 12.7. The predicted octanol–water partition coefficient (Wildman–Crippen LogP) is 2.72. The summed E-state index contributed by atoms with van der Waals surface area (Å²) in [6, 6.07) is 12.0. The number of nitrogens with zero attached hydrogens (tertiary/aromatic N) is 4. The molecule has 0 bridgehead atoms. The average Bonchev–Trinajstić information content (AvgIpc) is 3.21. The Kier molecular flexibility index (Phi) is 5.97. The van der Waals surface area contributed by atoms with Crippen molar-refractivity contribution in [2.24, 2.45) is 5.41 Å². The number of carbonyl (C=O) groups excluding carboxylic acids is 1. The van der Waals surface area contributed by atoms with E-state index >= 15 is 0 Å². The molecule has 6 heteroatoms. The molecule has 27 heavy (non-hydrogen) atoms. The first-order valence-electron chi connectivity index (χ1n) is 9.47. The van der Waals surface area contributed by atoms with Crippen LogP contribution in [0.1, 0.15) is 35.2 Å². The molecule has 6 nitrogen and oxygen atoms in total. The smallest absolute Gasteiger partial charge is 0.275 e. The lowest BCUT2D eigenvalue weighted by Gasteiger charge is -2.29. The van der Waals surface area contributed by atoms with Crippen LogP contribution in [0.2, 0.25) is 0 Å². The van der Waals surface area contributed by atoms with Crippen LogP contribution in [0.5, 0.6) is 0 Å². The third kappa shape index (κ3) is 5.17. The molecule has 1 amide bonds. The van der Waals surface area contributed by atoms with Gasteiger partial charge in [0.15, 0.2) is 11.5 Å². The molecule has 1 aromatic heterocycles. The van der Waals surface area contributed by atoms with Gasteiger partial charge in [0, 0.05) is 32.7 Å². The van der Waals surface area contributed by atoms with Crippen molar-refractivity contribution in [3.63, 3.8) is 0 Å². The van der Waals surface area contributed by atoms with E-state index in [9.17, 15) is 4.79 Å². The Bertz CT molecular complexity index is 761. The fraction of sp³-hybridized carbons (Fsp3) is 0.524. The van der Waals surface area contributed by atoms with Gasteiger partial charge in [0.2, 0.25) is 0 Å². The highest BCUT2D eigenvalue weighted by molar-refractivity contribution is 5.92. The predicted molar refractivity (Wildman–Crippen MR) is 105 cm³/mol. The Morgan fingerprint density at radius 1 is 1.26 bits per heavy atom. The minimum atomic E-state index is -0.0773. The average molecular weight is 370 g/mol. The zero-order chi connectivity index (χ0) is 19.4. The summed E-state index contributed by atoms with van der Waals surface area (Å²) in [6.45, 7) is 6.50. The molecule has 1 aromatic carbocycles. The van der Waals surface area contributed by atoms with Gasteiger partial charge in [0.25, 0.3) is 5.91 Å². The molecular weight excluding hydrogens is 340 g/mol. The first kappa shape index (κ1) is 19.6. The normalized spacial score (nSPS) is 20.3. The molecule has 1 saturated heterocycles. The number of rotatable bonds is 7. The van der Waals surface area contributed by atoms with Gasteiger partial charge in [-0.05, 0) is 38.0 Å². The summed E-state index contributed by atoms with van der Waals surface area (Å²) in [7, 11) is 6.01. The molecule has 1 aliphatic heterocycles. The highest BCUT2D eigenvalue weighted by Crippen LogP contribution is 2.30. The van der Waals surface area contributed by atoms with Crippen LogP contribution in [0.3, 0.4) is 0 Å². The van der Waals surface area contributed by atoms with Gasteiger partial charge in [-0.3, -0.25) is 9.69 Å². The molecule has 3 rings (SSSR count). The Morgan fingerprint density at radius 2 is 2.00 bits per heavy atom. The SMILES string of the molecule is CN(Cc1ccccc1)Cc1cc(C(=O)N(C)C[C@]2(C)CCN(C)C2)no1. The fourth-order valence-electron chi connectivity index (χ4n) is 3.94. The van der Waals surface area contributed by atoms with Gasteiger partial charge in [0.1, 0.15) is 0 Å². The van der Waals surface area contributed by atoms with Crippen LogP contribution in [0.4, 0.5) is 0 Å². The van der Waals surface area contributed by atoms with E-state index in [1.165, 1.54) is 5.56 Å². The van der Waals surface area contributed by atoms with Crippen LogP contribution < -0.4 is 0 Å². The first-order chi connectivity index (χ1) is 12.8. The van der Waals surface area contributed by atoms with Gasteiger partial charge in [-0.1, -0.05) is 42.4 Å². The molecule has 1 fully saturated rings. The van der Waals surface area contributed by atoms with Crippen molar-refractivity contribution in [2.45, 2.75) is 26.4 Å². The van der Waals surface area contributed by atoms with Gasteiger partial charge in [0.05, 0.1) is 6.54 Å². The molecule has 0 unspecified atom stereocenters. The second-order valence-corrected chi connectivity index (χ2v) is 8.30. The van der Waals surface area contributed by atoms with E-state index in [4.69, 9.17) is 4.52 Å². The van der Waals surface area contributed by atoms with Crippen LogP contribution in [0.15, 0.2) is 40.9 Å². The van der Waals surface area contributed by atoms with Crippen LogP contribution in [-0.4, -0.2) is 66.5 Å². The Morgan fingerprint density at radius 3 is 2.67 bits per heavy atom. The van der Waals surface area contributed by atoms with Crippen molar-refractivity contribution in [3.8, 4) is 0 Å². The van der Waals surface area contributed by atoms with Crippen LogP contribution in [-0.2, 0) is 13.1 Å². The number of aromatic nitrogens is 1. The highest BCUT2D eigenvalue weighted by atomic mass is 16.5. The number of benzene rings is 1. The molecule has 0 aliphatic carbocycles. The number of amides is 1. The summed E-state index contributed by atoms with van der Waals surface area (Å²) in [6.07, 6.45) is 1.11. The third-order valence-corrected chi connectivity index (χ3v) is 5.21. The maximum absolute atomic E-state index is 12.7. The number of likely N-dealkylation sites (tertiary alicyclic amines) is 1. The topological polar surface area (TPSA) is 52.8 Å². The lowest BCUT2D eigenvalue weighted by molar-refractivity contribution is 0.0720. The van der Waals surface area contributed by atoms with Gasteiger partial charge in [-0.25, -0.2) is 0 Å². The molecule has 0 N–H and O–H groups in total. The third-order valence-electron chi connectivity index (χ3n) is 5.21. The van der Waals surface area contributed by atoms with E-state index in [0.29, 0.717) is 18.0 Å². The highest BCUT2D eigenvalue weighted by Gasteiger charge is 2.34. The van der Waals surface area contributed by atoms with E-state index < -0.39 is 0 Å². The molecule has 0 radical (unpaired) electrons. The molecule has 0 spiro atoms. The van der Waals surface area contributed by atoms with Crippen molar-refractivity contribution in [3.05, 3.63) is 53.4 Å². The summed E-state index contributed by atoms with van der Waals surface area (Å²) in [4.78, 5) is 19.0. The van der Waals surface area contributed by atoms with E-state index in [0.717, 1.165) is 32.6 Å². The minimum Gasteiger partial charge on any atom is -0.359 e. The monoisotopic (exact) mass is 370 g/mol. The second-order valence-electron chi connectivity index (χ2n) is 8.30. The lowest BCUT2D eigenvalue weighted by Crippen LogP contribution is -2.38. The first-order valence-corrected chi connectivity index (χ1v) is 9.47. The van der Waals surface area contributed by atoms with Crippen LogP contribution in [0, 0.1) is 5.41 Å². The van der Waals surface area contributed by atoms with E-state index in [-0.39, 0.29) is 11.3 Å². The Hall–Kier alpha value is -2.18. The van der Waals surface area contributed by atoms with Gasteiger partial charge in [-0.2, -0.15) is 0 Å². The maximum Gasteiger partial charge on any atom is 0.275 e. The van der Waals surface area contributed by atoms with Crippen LogP contribution in [0.25, 0.3) is 0 Å². The van der Waals surface area contributed by atoms with E-state index in [1.54, 1.807) is 11.0 Å². The zero-order valence-electron chi connectivity index (χ0n) is 16.8. The number of carbonyl (C=O) groups is 1. The van der Waals surface area contributed by atoms with Crippen molar-refractivity contribution in [2.75, 3.05) is 40.8 Å². The van der Waals surface area contributed by atoms with Gasteiger partial charge < -0.3 is 14.3 Å². The van der Waals surface area contributed by atoms with Crippen molar-refractivity contribution in [1.82, 2.24) is 19.9 Å². The summed E-state index contributed by atoms with van der Waals surface area (Å²) in [5.74, 6) is 0.628. The summed E-state index contributed by atoms with van der Waals surface area (Å²) >= 11 is 0. The summed E-state index contributed by atoms with van der Waals surface area (Å²) in [5.41, 5.74) is 1.77.